The quantitative estimate of drug-likeness (QED) is 0.516. The summed E-state index contributed by atoms with van der Waals surface area (Å²) in [5.41, 5.74) is 3.44. The molecule has 0 saturated carbocycles. The Kier molecular flexibility index (Phi) is 3.73. The van der Waals surface area contributed by atoms with E-state index in [1.165, 1.54) is 12.8 Å². The normalized spacial score (nSPS) is 34.1. The molecule has 0 radical (unpaired) electrons. The van der Waals surface area contributed by atoms with Gasteiger partial charge in [0.05, 0.1) is 6.61 Å². The van der Waals surface area contributed by atoms with E-state index in [0.29, 0.717) is 11.8 Å². The van der Waals surface area contributed by atoms with Gasteiger partial charge in [-0.2, -0.15) is 0 Å². The summed E-state index contributed by atoms with van der Waals surface area (Å²) in [6, 6.07) is 0. The van der Waals surface area contributed by atoms with Gasteiger partial charge in [-0.25, -0.2) is 0 Å². The molecular weight excluding hydrogens is 216 g/mol. The maximum atomic E-state index is 5.67. The number of hydrogen-bond acceptors (Lipinski definition) is 2. The van der Waals surface area contributed by atoms with Gasteiger partial charge in [0.25, 0.3) is 0 Å². The highest BCUT2D eigenvalue weighted by molar-refractivity contribution is 6.83. The minimum atomic E-state index is -1.21. The highest BCUT2D eigenvalue weighted by atomic mass is 28.3. The van der Waals surface area contributed by atoms with E-state index in [0.717, 1.165) is 19.6 Å². The van der Waals surface area contributed by atoms with Crippen LogP contribution in [0.2, 0.25) is 19.6 Å². The van der Waals surface area contributed by atoms with Gasteiger partial charge in [-0.15, -0.1) is 11.5 Å². The number of ether oxygens (including phenoxy) is 2. The van der Waals surface area contributed by atoms with E-state index < -0.39 is 8.07 Å². The molecule has 0 spiro atoms. The van der Waals surface area contributed by atoms with Gasteiger partial charge in [0.15, 0.2) is 6.29 Å². The molecule has 16 heavy (non-hydrogen) atoms. The average molecular weight is 238 g/mol. The van der Waals surface area contributed by atoms with Crippen LogP contribution in [0, 0.1) is 23.3 Å². The Bertz CT molecular complexity index is 297. The molecule has 2 heterocycles. The maximum Gasteiger partial charge on any atom is 0.160 e. The molecule has 0 amide bonds. The van der Waals surface area contributed by atoms with Gasteiger partial charge in [-0.05, 0) is 12.8 Å². The Labute approximate surface area is 99.7 Å². The van der Waals surface area contributed by atoms with Crippen LogP contribution in [0.15, 0.2) is 0 Å². The van der Waals surface area contributed by atoms with Crippen LogP contribution in [0.3, 0.4) is 0 Å². The summed E-state index contributed by atoms with van der Waals surface area (Å²) in [4.78, 5) is 0. The monoisotopic (exact) mass is 238 g/mol. The highest BCUT2D eigenvalue weighted by Gasteiger charge is 2.38. The summed E-state index contributed by atoms with van der Waals surface area (Å²) < 4.78 is 11.3. The third kappa shape index (κ3) is 3.10. The summed E-state index contributed by atoms with van der Waals surface area (Å²) in [5.74, 6) is 4.58. The minimum Gasteiger partial charge on any atom is -0.352 e. The van der Waals surface area contributed by atoms with Crippen molar-refractivity contribution in [2.24, 2.45) is 11.8 Å². The second kappa shape index (κ2) is 4.91. The van der Waals surface area contributed by atoms with Crippen molar-refractivity contribution in [2.75, 3.05) is 13.2 Å². The SMILES string of the molecule is C[Si](C)(C)C#CCC1CO[C@H]2OCCC[C@@H]12. The van der Waals surface area contributed by atoms with Crippen molar-refractivity contribution in [3.8, 4) is 11.5 Å². The molecule has 2 aliphatic rings. The molecule has 0 bridgehead atoms. The molecule has 0 aliphatic carbocycles. The lowest BCUT2D eigenvalue weighted by Gasteiger charge is -2.26. The van der Waals surface area contributed by atoms with Gasteiger partial charge in [-0.3, -0.25) is 0 Å². The largest absolute Gasteiger partial charge is 0.352 e. The molecule has 0 aromatic heterocycles. The standard InChI is InChI=1S/C13H22O2Si/c1-16(2,3)9-5-6-11-10-15-13-12(11)7-4-8-14-13/h11-13H,4,6-8,10H2,1-3H3/t11?,12-,13+/m0/s1. The molecule has 0 N–H and O–H groups in total. The first-order chi connectivity index (χ1) is 7.56. The van der Waals surface area contributed by atoms with Gasteiger partial charge in [-0.1, -0.05) is 19.6 Å². The molecule has 2 rings (SSSR count). The van der Waals surface area contributed by atoms with Crippen LogP contribution in [0.1, 0.15) is 19.3 Å². The molecule has 2 fully saturated rings. The van der Waals surface area contributed by atoms with E-state index in [9.17, 15) is 0 Å². The van der Waals surface area contributed by atoms with Crippen molar-refractivity contribution < 1.29 is 9.47 Å². The van der Waals surface area contributed by atoms with E-state index in [1.807, 2.05) is 0 Å². The Morgan fingerprint density at radius 3 is 2.81 bits per heavy atom. The molecule has 0 aromatic rings. The predicted octanol–water partition coefficient (Wildman–Crippen LogP) is 2.66. The smallest absolute Gasteiger partial charge is 0.160 e. The molecule has 2 saturated heterocycles. The van der Waals surface area contributed by atoms with Crippen LogP contribution in [0.5, 0.6) is 0 Å². The van der Waals surface area contributed by atoms with E-state index in [2.05, 4.69) is 31.1 Å². The summed E-state index contributed by atoms with van der Waals surface area (Å²) in [5, 5.41) is 0. The Balaban J connectivity index is 1.88. The van der Waals surface area contributed by atoms with E-state index >= 15 is 0 Å². The fourth-order valence-electron chi connectivity index (χ4n) is 2.41. The van der Waals surface area contributed by atoms with Gasteiger partial charge in [0.1, 0.15) is 8.07 Å². The molecule has 3 heteroatoms. The average Bonchev–Trinajstić information content (AvgIpc) is 2.60. The maximum absolute atomic E-state index is 5.67. The van der Waals surface area contributed by atoms with E-state index in [4.69, 9.17) is 9.47 Å². The third-order valence-corrected chi connectivity index (χ3v) is 4.15. The van der Waals surface area contributed by atoms with E-state index in [1.54, 1.807) is 0 Å². The molecule has 1 unspecified atom stereocenters. The van der Waals surface area contributed by atoms with Crippen LogP contribution in [-0.4, -0.2) is 27.6 Å². The summed E-state index contributed by atoms with van der Waals surface area (Å²) in [7, 11) is -1.21. The zero-order valence-electron chi connectivity index (χ0n) is 10.6. The van der Waals surface area contributed by atoms with Crippen molar-refractivity contribution in [3.63, 3.8) is 0 Å². The van der Waals surface area contributed by atoms with E-state index in [-0.39, 0.29) is 6.29 Å². The first kappa shape index (κ1) is 12.2. The van der Waals surface area contributed by atoms with Gasteiger partial charge in [0.2, 0.25) is 0 Å². The van der Waals surface area contributed by atoms with Crippen LogP contribution >= 0.6 is 0 Å². The van der Waals surface area contributed by atoms with Gasteiger partial charge < -0.3 is 9.47 Å². The van der Waals surface area contributed by atoms with Crippen LogP contribution in [0.25, 0.3) is 0 Å². The number of hydrogen-bond donors (Lipinski definition) is 0. The minimum absolute atomic E-state index is 0.0763. The van der Waals surface area contributed by atoms with Crippen LogP contribution < -0.4 is 0 Å². The second-order valence-electron chi connectivity index (χ2n) is 5.89. The van der Waals surface area contributed by atoms with Crippen molar-refractivity contribution in [2.45, 2.75) is 45.2 Å². The summed E-state index contributed by atoms with van der Waals surface area (Å²) in [6.45, 7) is 8.58. The second-order valence-corrected chi connectivity index (χ2v) is 10.6. The highest BCUT2D eigenvalue weighted by Crippen LogP contribution is 2.36. The van der Waals surface area contributed by atoms with Crippen molar-refractivity contribution in [1.82, 2.24) is 0 Å². The van der Waals surface area contributed by atoms with Crippen LogP contribution in [-0.2, 0) is 9.47 Å². The van der Waals surface area contributed by atoms with Gasteiger partial charge >= 0.3 is 0 Å². The molecule has 2 aliphatic heterocycles. The molecule has 3 atom stereocenters. The lowest BCUT2D eigenvalue weighted by molar-refractivity contribution is -0.151. The van der Waals surface area contributed by atoms with Gasteiger partial charge in [0, 0.05) is 24.9 Å². The van der Waals surface area contributed by atoms with Crippen molar-refractivity contribution in [1.29, 1.82) is 0 Å². The zero-order chi connectivity index (χ0) is 11.6. The van der Waals surface area contributed by atoms with Crippen LogP contribution in [0.4, 0.5) is 0 Å². The fraction of sp³-hybridized carbons (Fsp3) is 0.846. The van der Waals surface area contributed by atoms with Crippen molar-refractivity contribution in [3.05, 3.63) is 0 Å². The number of fused-ring (bicyclic) bond motifs is 1. The molecule has 0 aromatic carbocycles. The lowest BCUT2D eigenvalue weighted by Crippen LogP contribution is -2.28. The zero-order valence-corrected chi connectivity index (χ0v) is 11.6. The third-order valence-electron chi connectivity index (χ3n) is 3.22. The fourth-order valence-corrected chi connectivity index (χ4v) is 3.04. The molecular formula is C13H22O2Si. The summed E-state index contributed by atoms with van der Waals surface area (Å²) >= 11 is 0. The summed E-state index contributed by atoms with van der Waals surface area (Å²) in [6.07, 6.45) is 3.51. The Morgan fingerprint density at radius 2 is 2.06 bits per heavy atom. The molecule has 2 nitrogen and oxygen atoms in total. The predicted molar refractivity (Wildman–Crippen MR) is 67.6 cm³/mol. The first-order valence-electron chi connectivity index (χ1n) is 6.29. The Morgan fingerprint density at radius 1 is 1.25 bits per heavy atom. The number of rotatable bonds is 1. The topological polar surface area (TPSA) is 18.5 Å². The first-order valence-corrected chi connectivity index (χ1v) is 9.79. The molecule has 90 valence electrons. The Hall–Kier alpha value is -0.303. The van der Waals surface area contributed by atoms with Crippen molar-refractivity contribution >= 4 is 8.07 Å². The lowest BCUT2D eigenvalue weighted by atomic mass is 9.87.